The maximum absolute atomic E-state index is 3.61. The number of anilines is 1. The average Bonchev–Trinajstić information content (AvgIpc) is 2.40. The van der Waals surface area contributed by atoms with E-state index < -0.39 is 0 Å². The van der Waals surface area contributed by atoms with Crippen molar-refractivity contribution in [3.05, 3.63) is 42.5 Å². The van der Waals surface area contributed by atoms with Crippen LogP contribution >= 0.6 is 0 Å². The number of fused-ring (bicyclic) bond motifs is 1. The van der Waals surface area contributed by atoms with E-state index in [0.29, 0.717) is 6.04 Å². The Morgan fingerprint density at radius 3 is 2.76 bits per heavy atom. The molecule has 0 bridgehead atoms. The number of rotatable bonds is 2. The van der Waals surface area contributed by atoms with Crippen LogP contribution in [-0.2, 0) is 0 Å². The normalized spacial score (nSPS) is 20.4. The number of nitrogens with one attached hydrogen (secondary N) is 2. The first kappa shape index (κ1) is 10.6. The van der Waals surface area contributed by atoms with Gasteiger partial charge in [-0.1, -0.05) is 30.3 Å². The lowest BCUT2D eigenvalue weighted by molar-refractivity contribution is 0.480. The Balaban J connectivity index is 1.80. The molecule has 1 saturated heterocycles. The second-order valence-electron chi connectivity index (χ2n) is 4.75. The van der Waals surface area contributed by atoms with E-state index in [4.69, 9.17) is 0 Å². The van der Waals surface area contributed by atoms with E-state index in [-0.39, 0.29) is 0 Å². The maximum Gasteiger partial charge on any atom is 0.0386 e. The molecule has 2 aromatic rings. The van der Waals surface area contributed by atoms with Crippen LogP contribution in [-0.4, -0.2) is 19.1 Å². The number of piperidine rings is 1. The molecule has 0 aromatic heterocycles. The first-order chi connectivity index (χ1) is 8.42. The zero-order valence-electron chi connectivity index (χ0n) is 9.95. The highest BCUT2D eigenvalue weighted by Crippen LogP contribution is 2.20. The summed E-state index contributed by atoms with van der Waals surface area (Å²) in [6.45, 7) is 2.24. The van der Waals surface area contributed by atoms with Crippen molar-refractivity contribution in [2.24, 2.45) is 0 Å². The lowest BCUT2D eigenvalue weighted by Gasteiger charge is -2.24. The van der Waals surface area contributed by atoms with Gasteiger partial charge in [-0.05, 0) is 42.3 Å². The second-order valence-corrected chi connectivity index (χ2v) is 4.75. The molecule has 0 radical (unpaired) electrons. The molecular formula is C15H18N2. The van der Waals surface area contributed by atoms with Gasteiger partial charge in [0.2, 0.25) is 0 Å². The smallest absolute Gasteiger partial charge is 0.0386 e. The summed E-state index contributed by atoms with van der Waals surface area (Å²) in [6, 6.07) is 15.7. The van der Waals surface area contributed by atoms with Gasteiger partial charge in [0.25, 0.3) is 0 Å². The molecule has 1 heterocycles. The predicted molar refractivity (Wildman–Crippen MR) is 73.5 cm³/mol. The first-order valence-electron chi connectivity index (χ1n) is 6.38. The maximum atomic E-state index is 3.61. The molecule has 2 aromatic carbocycles. The summed E-state index contributed by atoms with van der Waals surface area (Å²) in [5, 5.41) is 9.65. The van der Waals surface area contributed by atoms with E-state index >= 15 is 0 Å². The van der Waals surface area contributed by atoms with Crippen molar-refractivity contribution in [1.82, 2.24) is 5.32 Å². The highest BCUT2D eigenvalue weighted by Gasteiger charge is 2.12. The Bertz CT molecular complexity index is 501. The third kappa shape index (κ3) is 2.42. The molecule has 17 heavy (non-hydrogen) atoms. The molecule has 88 valence electrons. The van der Waals surface area contributed by atoms with Crippen molar-refractivity contribution in [2.75, 3.05) is 18.4 Å². The largest absolute Gasteiger partial charge is 0.381 e. The molecule has 0 spiro atoms. The molecule has 3 rings (SSSR count). The quantitative estimate of drug-likeness (QED) is 0.822. The van der Waals surface area contributed by atoms with Gasteiger partial charge in [-0.3, -0.25) is 0 Å². The van der Waals surface area contributed by atoms with Crippen LogP contribution < -0.4 is 10.6 Å². The summed E-state index contributed by atoms with van der Waals surface area (Å²) < 4.78 is 0. The molecule has 1 fully saturated rings. The minimum atomic E-state index is 0.574. The van der Waals surface area contributed by atoms with Crippen LogP contribution in [0.25, 0.3) is 10.8 Å². The third-order valence-electron chi connectivity index (χ3n) is 3.42. The van der Waals surface area contributed by atoms with Crippen molar-refractivity contribution in [2.45, 2.75) is 18.9 Å². The standard InChI is InChI=1S/C15H18N2/c1-2-5-13-10-14(8-7-12(13)4-1)17-15-6-3-9-16-11-15/h1-2,4-5,7-8,10,15-17H,3,6,9,11H2. The molecule has 1 aliphatic heterocycles. The Kier molecular flexibility index (Phi) is 2.97. The summed E-state index contributed by atoms with van der Waals surface area (Å²) in [6.07, 6.45) is 2.53. The zero-order chi connectivity index (χ0) is 11.5. The highest BCUT2D eigenvalue weighted by molar-refractivity contribution is 5.85. The SMILES string of the molecule is c1ccc2cc(NC3CCCNC3)ccc2c1. The topological polar surface area (TPSA) is 24.1 Å². The molecule has 1 unspecified atom stereocenters. The van der Waals surface area contributed by atoms with Gasteiger partial charge in [0.05, 0.1) is 0 Å². The Hall–Kier alpha value is -1.54. The van der Waals surface area contributed by atoms with E-state index in [1.807, 2.05) is 0 Å². The van der Waals surface area contributed by atoms with Gasteiger partial charge in [-0.25, -0.2) is 0 Å². The second kappa shape index (κ2) is 4.76. The third-order valence-corrected chi connectivity index (χ3v) is 3.42. The van der Waals surface area contributed by atoms with Crippen molar-refractivity contribution >= 4 is 16.5 Å². The van der Waals surface area contributed by atoms with Crippen LogP contribution in [0.2, 0.25) is 0 Å². The Morgan fingerprint density at radius 2 is 1.94 bits per heavy atom. The van der Waals surface area contributed by atoms with Gasteiger partial charge in [0.1, 0.15) is 0 Å². The van der Waals surface area contributed by atoms with Gasteiger partial charge in [0, 0.05) is 18.3 Å². The molecule has 2 nitrogen and oxygen atoms in total. The lowest BCUT2D eigenvalue weighted by atomic mass is 10.1. The molecule has 1 atom stereocenters. The predicted octanol–water partition coefficient (Wildman–Crippen LogP) is 3.00. The van der Waals surface area contributed by atoms with E-state index in [2.05, 4.69) is 53.1 Å². The van der Waals surface area contributed by atoms with Gasteiger partial charge in [0.15, 0.2) is 0 Å². The van der Waals surface area contributed by atoms with Crippen LogP contribution in [0, 0.1) is 0 Å². The summed E-state index contributed by atoms with van der Waals surface area (Å²) in [5.74, 6) is 0. The molecule has 0 saturated carbocycles. The van der Waals surface area contributed by atoms with Crippen LogP contribution in [0.5, 0.6) is 0 Å². The summed E-state index contributed by atoms with van der Waals surface area (Å²) in [5.41, 5.74) is 1.23. The number of benzene rings is 2. The van der Waals surface area contributed by atoms with E-state index in [0.717, 1.165) is 13.1 Å². The van der Waals surface area contributed by atoms with Crippen LogP contribution in [0.4, 0.5) is 5.69 Å². The van der Waals surface area contributed by atoms with Gasteiger partial charge >= 0.3 is 0 Å². The van der Waals surface area contributed by atoms with Crippen LogP contribution in [0.3, 0.4) is 0 Å². The molecule has 0 amide bonds. The highest BCUT2D eigenvalue weighted by atomic mass is 15.0. The average molecular weight is 226 g/mol. The number of hydrogen-bond acceptors (Lipinski definition) is 2. The van der Waals surface area contributed by atoms with E-state index in [1.165, 1.54) is 29.3 Å². The Labute approximate surface area is 102 Å². The van der Waals surface area contributed by atoms with Gasteiger partial charge in [-0.15, -0.1) is 0 Å². The van der Waals surface area contributed by atoms with E-state index in [1.54, 1.807) is 0 Å². The summed E-state index contributed by atoms with van der Waals surface area (Å²) >= 11 is 0. The Morgan fingerprint density at radius 1 is 1.06 bits per heavy atom. The summed E-state index contributed by atoms with van der Waals surface area (Å²) in [7, 11) is 0. The first-order valence-corrected chi connectivity index (χ1v) is 6.38. The van der Waals surface area contributed by atoms with Crippen molar-refractivity contribution in [3.63, 3.8) is 0 Å². The van der Waals surface area contributed by atoms with Gasteiger partial charge < -0.3 is 10.6 Å². The molecule has 2 N–H and O–H groups in total. The van der Waals surface area contributed by atoms with Crippen molar-refractivity contribution < 1.29 is 0 Å². The molecular weight excluding hydrogens is 208 g/mol. The van der Waals surface area contributed by atoms with Crippen LogP contribution in [0.1, 0.15) is 12.8 Å². The monoisotopic (exact) mass is 226 g/mol. The molecule has 0 aliphatic carbocycles. The van der Waals surface area contributed by atoms with E-state index in [9.17, 15) is 0 Å². The fraction of sp³-hybridized carbons (Fsp3) is 0.333. The van der Waals surface area contributed by atoms with Crippen LogP contribution in [0.15, 0.2) is 42.5 Å². The minimum Gasteiger partial charge on any atom is -0.381 e. The molecule has 1 aliphatic rings. The number of hydrogen-bond donors (Lipinski definition) is 2. The fourth-order valence-electron chi connectivity index (χ4n) is 2.49. The summed E-state index contributed by atoms with van der Waals surface area (Å²) in [4.78, 5) is 0. The minimum absolute atomic E-state index is 0.574. The van der Waals surface area contributed by atoms with Gasteiger partial charge in [-0.2, -0.15) is 0 Å². The molecule has 2 heteroatoms. The van der Waals surface area contributed by atoms with Crippen molar-refractivity contribution in [1.29, 1.82) is 0 Å². The zero-order valence-corrected chi connectivity index (χ0v) is 9.95. The lowest BCUT2D eigenvalue weighted by Crippen LogP contribution is -2.38. The van der Waals surface area contributed by atoms with Crippen molar-refractivity contribution in [3.8, 4) is 0 Å². The fourth-order valence-corrected chi connectivity index (χ4v) is 2.49.